The van der Waals surface area contributed by atoms with Gasteiger partial charge >= 0.3 is 5.69 Å². The molecular weight excluding hydrogens is 342 g/mol. The second kappa shape index (κ2) is 5.77. The molecule has 3 N–H and O–H groups in total. The van der Waals surface area contributed by atoms with Crippen LogP contribution in [0.25, 0.3) is 44.7 Å². The number of imidazole rings is 1. The number of nitrogens with one attached hydrogen (secondary N) is 3. The summed E-state index contributed by atoms with van der Waals surface area (Å²) in [6.07, 6.45) is 0. The number of benzene rings is 2. The van der Waals surface area contributed by atoms with Gasteiger partial charge in [-0.3, -0.25) is 4.79 Å². The molecule has 0 aliphatic rings. The third kappa shape index (κ3) is 2.62. The summed E-state index contributed by atoms with van der Waals surface area (Å²) < 4.78 is 0. The number of aromatic amines is 3. The highest BCUT2D eigenvalue weighted by Crippen LogP contribution is 2.31. The van der Waals surface area contributed by atoms with Crippen LogP contribution in [0.5, 0.6) is 0 Å². The molecule has 3 aromatic heterocycles. The Balaban J connectivity index is 1.84. The van der Waals surface area contributed by atoms with Crippen LogP contribution < -0.4 is 11.2 Å². The molecule has 0 radical (unpaired) electrons. The molecule has 3 heterocycles. The van der Waals surface area contributed by atoms with Gasteiger partial charge in [-0.1, -0.05) is 36.4 Å². The number of fused-ring (bicyclic) bond motifs is 2. The Hall–Kier alpha value is -4.00. The lowest BCUT2D eigenvalue weighted by Crippen LogP contribution is -2.06. The van der Waals surface area contributed by atoms with E-state index in [1.165, 1.54) is 6.07 Å². The summed E-state index contributed by atoms with van der Waals surface area (Å²) in [6, 6.07) is 18.3. The minimum Gasteiger partial charge on any atom is -0.306 e. The van der Waals surface area contributed by atoms with E-state index in [4.69, 9.17) is 4.98 Å². The molecule has 0 spiro atoms. The predicted octanol–water partition coefficient (Wildman–Crippen LogP) is 2.82. The summed E-state index contributed by atoms with van der Waals surface area (Å²) in [5.41, 5.74) is 4.98. The molecule has 0 saturated heterocycles. The minimum atomic E-state index is -0.257. The highest BCUT2D eigenvalue weighted by Gasteiger charge is 2.14. The maximum absolute atomic E-state index is 11.7. The lowest BCUT2D eigenvalue weighted by molar-refractivity contribution is 1.19. The fourth-order valence-corrected chi connectivity index (χ4v) is 3.15. The summed E-state index contributed by atoms with van der Waals surface area (Å²) in [6.45, 7) is 0. The van der Waals surface area contributed by atoms with Gasteiger partial charge in [0.15, 0.2) is 5.65 Å². The van der Waals surface area contributed by atoms with Crippen LogP contribution in [0.2, 0.25) is 0 Å². The number of rotatable bonds is 2. The molecule has 0 atom stereocenters. The molecular formula is C20H13N5O2. The largest absolute Gasteiger partial charge is 0.323 e. The van der Waals surface area contributed by atoms with Gasteiger partial charge < -0.3 is 15.0 Å². The molecule has 5 rings (SSSR count). The zero-order valence-electron chi connectivity index (χ0n) is 14.0. The number of H-pyrrole nitrogens is 3. The van der Waals surface area contributed by atoms with Crippen molar-refractivity contribution in [1.29, 1.82) is 0 Å². The smallest absolute Gasteiger partial charge is 0.306 e. The van der Waals surface area contributed by atoms with Gasteiger partial charge in [0.25, 0.3) is 0 Å². The van der Waals surface area contributed by atoms with Crippen LogP contribution in [0.1, 0.15) is 0 Å². The second-order valence-electron chi connectivity index (χ2n) is 6.18. The highest BCUT2D eigenvalue weighted by atomic mass is 16.1. The van der Waals surface area contributed by atoms with Crippen LogP contribution >= 0.6 is 0 Å². The SMILES string of the molecule is O=c1ccc2nc(-c3ccc4[nH]c(=O)[nH]c4c3)c(-c3ccccc3)nc2[nH]1. The fraction of sp³-hybridized carbons (Fsp3) is 0. The molecule has 130 valence electrons. The van der Waals surface area contributed by atoms with Crippen molar-refractivity contribution in [2.45, 2.75) is 0 Å². The molecule has 27 heavy (non-hydrogen) atoms. The van der Waals surface area contributed by atoms with Gasteiger partial charge in [-0.25, -0.2) is 14.8 Å². The van der Waals surface area contributed by atoms with E-state index in [9.17, 15) is 9.59 Å². The summed E-state index contributed by atoms with van der Waals surface area (Å²) in [7, 11) is 0. The lowest BCUT2D eigenvalue weighted by Gasteiger charge is -2.10. The van der Waals surface area contributed by atoms with Crippen LogP contribution in [-0.4, -0.2) is 24.9 Å². The van der Waals surface area contributed by atoms with Crippen molar-refractivity contribution in [3.05, 3.63) is 81.5 Å². The van der Waals surface area contributed by atoms with E-state index >= 15 is 0 Å². The number of hydrogen-bond donors (Lipinski definition) is 3. The fourth-order valence-electron chi connectivity index (χ4n) is 3.15. The first-order chi connectivity index (χ1) is 13.2. The van der Waals surface area contributed by atoms with E-state index in [-0.39, 0.29) is 11.2 Å². The van der Waals surface area contributed by atoms with Crippen molar-refractivity contribution in [2.24, 2.45) is 0 Å². The van der Waals surface area contributed by atoms with Gasteiger partial charge in [-0.2, -0.15) is 0 Å². The van der Waals surface area contributed by atoms with Crippen molar-refractivity contribution < 1.29 is 0 Å². The number of nitrogens with zero attached hydrogens (tertiary/aromatic N) is 2. The molecule has 0 unspecified atom stereocenters. The lowest BCUT2D eigenvalue weighted by atomic mass is 10.0. The quantitative estimate of drug-likeness (QED) is 0.452. The maximum Gasteiger partial charge on any atom is 0.323 e. The highest BCUT2D eigenvalue weighted by molar-refractivity contribution is 5.88. The van der Waals surface area contributed by atoms with Crippen molar-refractivity contribution in [2.75, 3.05) is 0 Å². The standard InChI is InChI=1S/C20H13N5O2/c26-16-9-8-14-19(24-16)25-17(11-4-2-1-3-5-11)18(21-14)12-6-7-13-15(10-12)23-20(27)22-13/h1-10H,(H2,22,23,27)(H,24,25,26). The van der Waals surface area contributed by atoms with E-state index < -0.39 is 0 Å². The van der Waals surface area contributed by atoms with Gasteiger partial charge in [0, 0.05) is 17.2 Å². The van der Waals surface area contributed by atoms with Gasteiger partial charge in [-0.05, 0) is 18.2 Å². The molecule has 7 nitrogen and oxygen atoms in total. The zero-order chi connectivity index (χ0) is 18.4. The average Bonchev–Trinajstić information content (AvgIpc) is 3.06. The Kier molecular flexibility index (Phi) is 3.26. The van der Waals surface area contributed by atoms with E-state index in [0.29, 0.717) is 28.1 Å². The van der Waals surface area contributed by atoms with E-state index in [1.807, 2.05) is 48.5 Å². The summed E-state index contributed by atoms with van der Waals surface area (Å²) >= 11 is 0. The normalized spacial score (nSPS) is 11.3. The zero-order valence-corrected chi connectivity index (χ0v) is 14.0. The molecule has 0 bridgehead atoms. The third-order valence-corrected chi connectivity index (χ3v) is 4.39. The summed E-state index contributed by atoms with van der Waals surface area (Å²) in [5.74, 6) is 0. The molecule has 7 heteroatoms. The molecule has 0 amide bonds. The third-order valence-electron chi connectivity index (χ3n) is 4.39. The Labute approximate surface area is 151 Å². The Morgan fingerprint density at radius 2 is 1.44 bits per heavy atom. The summed E-state index contributed by atoms with van der Waals surface area (Å²) in [5, 5.41) is 0. The number of pyridine rings is 1. The Morgan fingerprint density at radius 1 is 0.667 bits per heavy atom. The van der Waals surface area contributed by atoms with Crippen LogP contribution in [0.3, 0.4) is 0 Å². The van der Waals surface area contributed by atoms with Crippen molar-refractivity contribution >= 4 is 22.2 Å². The van der Waals surface area contributed by atoms with Crippen LogP contribution in [-0.2, 0) is 0 Å². The maximum atomic E-state index is 11.7. The van der Waals surface area contributed by atoms with Crippen LogP contribution in [0, 0.1) is 0 Å². The van der Waals surface area contributed by atoms with Crippen LogP contribution in [0.4, 0.5) is 0 Å². The molecule has 0 fully saturated rings. The molecule has 0 aliphatic heterocycles. The van der Waals surface area contributed by atoms with Crippen molar-refractivity contribution in [3.8, 4) is 22.5 Å². The van der Waals surface area contributed by atoms with Gasteiger partial charge in [-0.15, -0.1) is 0 Å². The molecule has 0 saturated carbocycles. The first kappa shape index (κ1) is 15.3. The number of hydrogen-bond acceptors (Lipinski definition) is 4. The Morgan fingerprint density at radius 3 is 2.30 bits per heavy atom. The summed E-state index contributed by atoms with van der Waals surface area (Å²) in [4.78, 5) is 40.9. The van der Waals surface area contributed by atoms with Crippen molar-refractivity contribution in [3.63, 3.8) is 0 Å². The number of aromatic nitrogens is 5. The topological polar surface area (TPSA) is 107 Å². The van der Waals surface area contributed by atoms with E-state index in [0.717, 1.165) is 16.6 Å². The van der Waals surface area contributed by atoms with Gasteiger partial charge in [0.05, 0.1) is 22.4 Å². The average molecular weight is 355 g/mol. The first-order valence-electron chi connectivity index (χ1n) is 8.36. The van der Waals surface area contributed by atoms with E-state index in [1.54, 1.807) is 6.07 Å². The Bertz CT molecular complexity index is 1410. The van der Waals surface area contributed by atoms with Crippen LogP contribution in [0.15, 0.2) is 70.3 Å². The van der Waals surface area contributed by atoms with E-state index in [2.05, 4.69) is 19.9 Å². The molecule has 5 aromatic rings. The molecule has 2 aromatic carbocycles. The van der Waals surface area contributed by atoms with Gasteiger partial charge in [0.1, 0.15) is 5.52 Å². The molecule has 0 aliphatic carbocycles. The van der Waals surface area contributed by atoms with Gasteiger partial charge in [0.2, 0.25) is 5.56 Å². The first-order valence-corrected chi connectivity index (χ1v) is 8.36. The van der Waals surface area contributed by atoms with Crippen molar-refractivity contribution in [1.82, 2.24) is 24.9 Å². The minimum absolute atomic E-state index is 0.227. The monoisotopic (exact) mass is 355 g/mol. The second-order valence-corrected chi connectivity index (χ2v) is 6.18. The predicted molar refractivity (Wildman–Crippen MR) is 104 cm³/mol.